The predicted molar refractivity (Wildman–Crippen MR) is 53.8 cm³/mol. The van der Waals surface area contributed by atoms with Crippen LogP contribution in [0.1, 0.15) is 11.3 Å². The Morgan fingerprint density at radius 1 is 1.57 bits per heavy atom. The Morgan fingerprint density at radius 2 is 2.43 bits per heavy atom. The highest BCUT2D eigenvalue weighted by molar-refractivity contribution is 5.44. The summed E-state index contributed by atoms with van der Waals surface area (Å²) in [6, 6.07) is 5.99. The molecule has 2 rings (SSSR count). The lowest BCUT2D eigenvalue weighted by Crippen LogP contribution is -1.91. The summed E-state index contributed by atoms with van der Waals surface area (Å²) < 4.78 is 1.79. The molecule has 0 atom stereocenters. The van der Waals surface area contributed by atoms with Crippen LogP contribution in [0.2, 0.25) is 0 Å². The molecule has 2 aromatic heterocycles. The van der Waals surface area contributed by atoms with Gasteiger partial charge >= 0.3 is 0 Å². The van der Waals surface area contributed by atoms with E-state index in [1.165, 1.54) is 0 Å². The first-order chi connectivity index (χ1) is 6.85. The van der Waals surface area contributed by atoms with Gasteiger partial charge in [-0.2, -0.15) is 5.26 Å². The molecule has 3 nitrogen and oxygen atoms in total. The second-order valence-electron chi connectivity index (χ2n) is 3.01. The Hall–Kier alpha value is -2.08. The summed E-state index contributed by atoms with van der Waals surface area (Å²) in [4.78, 5) is 4.11. The standard InChI is InChI=1S/C11H9N3/c1-2-3-9-4-5-11-13-7-10(6-12)14(11)8-9/h2,4-5,7-8H,1,3H2. The fourth-order valence-electron chi connectivity index (χ4n) is 1.39. The van der Waals surface area contributed by atoms with Gasteiger partial charge in [0.1, 0.15) is 17.4 Å². The van der Waals surface area contributed by atoms with Crippen molar-refractivity contribution in [2.24, 2.45) is 0 Å². The van der Waals surface area contributed by atoms with Crippen LogP contribution >= 0.6 is 0 Å². The van der Waals surface area contributed by atoms with Gasteiger partial charge in [-0.15, -0.1) is 6.58 Å². The molecule has 0 aliphatic carbocycles. The average molecular weight is 183 g/mol. The highest BCUT2D eigenvalue weighted by atomic mass is 15.0. The number of allylic oxidation sites excluding steroid dienone is 1. The van der Waals surface area contributed by atoms with E-state index in [1.807, 2.05) is 24.4 Å². The van der Waals surface area contributed by atoms with Gasteiger partial charge < -0.3 is 0 Å². The fourth-order valence-corrected chi connectivity index (χ4v) is 1.39. The van der Waals surface area contributed by atoms with Crippen LogP contribution in [-0.2, 0) is 6.42 Å². The summed E-state index contributed by atoms with van der Waals surface area (Å²) in [5, 5.41) is 8.81. The van der Waals surface area contributed by atoms with E-state index < -0.39 is 0 Å². The highest BCUT2D eigenvalue weighted by Crippen LogP contribution is 2.09. The first-order valence-corrected chi connectivity index (χ1v) is 4.32. The molecule has 0 saturated heterocycles. The van der Waals surface area contributed by atoms with Crippen molar-refractivity contribution in [1.82, 2.24) is 9.38 Å². The van der Waals surface area contributed by atoms with Crippen molar-refractivity contribution in [2.75, 3.05) is 0 Å². The number of imidazole rings is 1. The molecule has 0 bridgehead atoms. The van der Waals surface area contributed by atoms with Gasteiger partial charge in [-0.1, -0.05) is 12.1 Å². The lowest BCUT2D eigenvalue weighted by Gasteiger charge is -1.98. The first kappa shape index (κ1) is 8.52. The summed E-state index contributed by atoms with van der Waals surface area (Å²) in [6.07, 6.45) is 6.14. The molecule has 0 fully saturated rings. The number of hydrogen-bond acceptors (Lipinski definition) is 2. The van der Waals surface area contributed by atoms with Crippen molar-refractivity contribution < 1.29 is 0 Å². The van der Waals surface area contributed by atoms with Crippen LogP contribution in [0.3, 0.4) is 0 Å². The molecule has 0 aromatic carbocycles. The van der Waals surface area contributed by atoms with Crippen molar-refractivity contribution in [1.29, 1.82) is 5.26 Å². The molecule has 3 heteroatoms. The number of pyridine rings is 1. The number of aromatic nitrogens is 2. The van der Waals surface area contributed by atoms with Crippen LogP contribution in [0.4, 0.5) is 0 Å². The van der Waals surface area contributed by atoms with Gasteiger partial charge in [0, 0.05) is 6.20 Å². The summed E-state index contributed by atoms with van der Waals surface area (Å²) in [5.74, 6) is 0. The van der Waals surface area contributed by atoms with Crippen molar-refractivity contribution >= 4 is 5.65 Å². The van der Waals surface area contributed by atoms with Gasteiger partial charge in [0.05, 0.1) is 6.20 Å². The minimum absolute atomic E-state index is 0.561. The van der Waals surface area contributed by atoms with Gasteiger partial charge in [-0.3, -0.25) is 4.40 Å². The van der Waals surface area contributed by atoms with E-state index in [-0.39, 0.29) is 0 Å². The minimum atomic E-state index is 0.561. The number of hydrogen-bond donors (Lipinski definition) is 0. The van der Waals surface area contributed by atoms with Crippen LogP contribution in [0, 0.1) is 11.3 Å². The van der Waals surface area contributed by atoms with Crippen LogP contribution in [-0.4, -0.2) is 9.38 Å². The van der Waals surface area contributed by atoms with E-state index in [9.17, 15) is 0 Å². The SMILES string of the molecule is C=CCc1ccc2ncc(C#N)n2c1. The van der Waals surface area contributed by atoms with E-state index in [0.717, 1.165) is 17.6 Å². The van der Waals surface area contributed by atoms with Crippen LogP contribution in [0.5, 0.6) is 0 Å². The van der Waals surface area contributed by atoms with Gasteiger partial charge in [0.25, 0.3) is 0 Å². The lowest BCUT2D eigenvalue weighted by molar-refractivity contribution is 1.10. The molecule has 14 heavy (non-hydrogen) atoms. The van der Waals surface area contributed by atoms with E-state index >= 15 is 0 Å². The summed E-state index contributed by atoms with van der Waals surface area (Å²) in [7, 11) is 0. The maximum atomic E-state index is 8.81. The predicted octanol–water partition coefficient (Wildman–Crippen LogP) is 1.93. The molecule has 68 valence electrons. The molecule has 0 spiro atoms. The minimum Gasteiger partial charge on any atom is -0.291 e. The maximum Gasteiger partial charge on any atom is 0.144 e. The molecule has 0 aliphatic rings. The van der Waals surface area contributed by atoms with Crippen molar-refractivity contribution in [3.63, 3.8) is 0 Å². The third-order valence-corrected chi connectivity index (χ3v) is 2.06. The third-order valence-electron chi connectivity index (χ3n) is 2.06. The van der Waals surface area contributed by atoms with Crippen LogP contribution < -0.4 is 0 Å². The summed E-state index contributed by atoms with van der Waals surface area (Å²) in [5.41, 5.74) is 2.49. The average Bonchev–Trinajstić information content (AvgIpc) is 2.60. The van der Waals surface area contributed by atoms with Crippen LogP contribution in [0.25, 0.3) is 5.65 Å². The quantitative estimate of drug-likeness (QED) is 0.667. The maximum absolute atomic E-state index is 8.81. The lowest BCUT2D eigenvalue weighted by atomic mass is 10.2. The van der Waals surface area contributed by atoms with Crippen molar-refractivity contribution in [3.8, 4) is 6.07 Å². The zero-order valence-corrected chi connectivity index (χ0v) is 7.64. The van der Waals surface area contributed by atoms with Gasteiger partial charge in [0.15, 0.2) is 0 Å². The van der Waals surface area contributed by atoms with Crippen molar-refractivity contribution in [2.45, 2.75) is 6.42 Å². The number of nitrogens with zero attached hydrogens (tertiary/aromatic N) is 3. The Bertz CT molecular complexity index is 517. The van der Waals surface area contributed by atoms with E-state index in [1.54, 1.807) is 10.6 Å². The molecule has 0 N–H and O–H groups in total. The van der Waals surface area contributed by atoms with Crippen molar-refractivity contribution in [3.05, 3.63) is 48.4 Å². The van der Waals surface area contributed by atoms with Gasteiger partial charge in [-0.25, -0.2) is 4.98 Å². The zero-order chi connectivity index (χ0) is 9.97. The molecule has 0 aliphatic heterocycles. The number of rotatable bonds is 2. The molecule has 0 radical (unpaired) electrons. The topological polar surface area (TPSA) is 41.1 Å². The summed E-state index contributed by atoms with van der Waals surface area (Å²) >= 11 is 0. The van der Waals surface area contributed by atoms with Gasteiger partial charge in [-0.05, 0) is 18.1 Å². The smallest absolute Gasteiger partial charge is 0.144 e. The molecular weight excluding hydrogens is 174 g/mol. The zero-order valence-electron chi connectivity index (χ0n) is 7.64. The second kappa shape index (κ2) is 3.35. The number of fused-ring (bicyclic) bond motifs is 1. The van der Waals surface area contributed by atoms with E-state index in [0.29, 0.717) is 5.69 Å². The van der Waals surface area contributed by atoms with E-state index in [4.69, 9.17) is 5.26 Å². The molecule has 0 saturated carbocycles. The van der Waals surface area contributed by atoms with Gasteiger partial charge in [0.2, 0.25) is 0 Å². The monoisotopic (exact) mass is 183 g/mol. The fraction of sp³-hybridized carbons (Fsp3) is 0.0909. The Kier molecular flexibility index (Phi) is 2.04. The van der Waals surface area contributed by atoms with Crippen LogP contribution in [0.15, 0.2) is 37.2 Å². The number of nitriles is 1. The molecular formula is C11H9N3. The highest BCUT2D eigenvalue weighted by Gasteiger charge is 2.01. The third kappa shape index (κ3) is 1.27. The second-order valence-corrected chi connectivity index (χ2v) is 3.01. The molecule has 0 amide bonds. The molecule has 2 heterocycles. The summed E-state index contributed by atoms with van der Waals surface area (Å²) in [6.45, 7) is 3.68. The Labute approximate surface area is 81.9 Å². The Morgan fingerprint density at radius 3 is 3.14 bits per heavy atom. The Balaban J connectivity index is 2.62. The largest absolute Gasteiger partial charge is 0.291 e. The molecule has 0 unspecified atom stereocenters. The van der Waals surface area contributed by atoms with E-state index in [2.05, 4.69) is 17.6 Å². The normalized spacial score (nSPS) is 9.93. The first-order valence-electron chi connectivity index (χ1n) is 4.32. The molecule has 2 aromatic rings.